The Bertz CT molecular complexity index is 595. The van der Waals surface area contributed by atoms with Gasteiger partial charge in [0.25, 0.3) is 0 Å². The summed E-state index contributed by atoms with van der Waals surface area (Å²) in [6, 6.07) is 1.89. The Labute approximate surface area is 102 Å². The summed E-state index contributed by atoms with van der Waals surface area (Å²) >= 11 is 0. The second-order valence-electron chi connectivity index (χ2n) is 4.18. The lowest BCUT2D eigenvalue weighted by molar-refractivity contribution is 0.190. The molecule has 18 heavy (non-hydrogen) atoms. The molecule has 0 saturated carbocycles. The molecule has 2 rings (SSSR count). The molecule has 1 aromatic carbocycles. The summed E-state index contributed by atoms with van der Waals surface area (Å²) in [5, 5.41) is 11.4. The van der Waals surface area contributed by atoms with E-state index in [1.165, 1.54) is 0 Å². The zero-order valence-corrected chi connectivity index (χ0v) is 9.63. The summed E-state index contributed by atoms with van der Waals surface area (Å²) in [4.78, 5) is 13.3. The Hall–Kier alpha value is -2.11. The van der Waals surface area contributed by atoms with Gasteiger partial charge >= 0.3 is 6.09 Å². The van der Waals surface area contributed by atoms with Crippen LogP contribution in [0, 0.1) is 11.6 Å². The van der Waals surface area contributed by atoms with E-state index in [4.69, 9.17) is 5.11 Å². The first-order chi connectivity index (χ1) is 8.47. The van der Waals surface area contributed by atoms with Gasteiger partial charge in [0.2, 0.25) is 0 Å². The zero-order chi connectivity index (χ0) is 13.3. The average molecular weight is 254 g/mol. The van der Waals surface area contributed by atoms with Gasteiger partial charge in [0, 0.05) is 29.2 Å². The van der Waals surface area contributed by atoms with E-state index >= 15 is 0 Å². The molecule has 0 aliphatic heterocycles. The third kappa shape index (κ3) is 2.42. The lowest BCUT2D eigenvalue weighted by atomic mass is 10.1. The summed E-state index contributed by atoms with van der Waals surface area (Å²) in [7, 11) is 0. The van der Waals surface area contributed by atoms with Crippen LogP contribution >= 0.6 is 0 Å². The van der Waals surface area contributed by atoms with Crippen LogP contribution in [0.3, 0.4) is 0 Å². The highest BCUT2D eigenvalue weighted by Crippen LogP contribution is 2.22. The van der Waals surface area contributed by atoms with Crippen LogP contribution < -0.4 is 5.32 Å². The molecule has 1 amide bonds. The molecule has 0 unspecified atom stereocenters. The standard InChI is InChI=1S/C12H12F2N2O2/c1-6(16-12(17)18)2-7-5-15-11-4-10(14)9(13)3-8(7)11/h3-6,15-16H,2H2,1H3,(H,17,18)/t6-/m1/s1. The van der Waals surface area contributed by atoms with Gasteiger partial charge in [-0.15, -0.1) is 0 Å². The largest absolute Gasteiger partial charge is 0.465 e. The molecule has 0 fully saturated rings. The van der Waals surface area contributed by atoms with E-state index < -0.39 is 17.7 Å². The molecule has 6 heteroatoms. The number of amides is 1. The third-order valence-corrected chi connectivity index (χ3v) is 2.70. The van der Waals surface area contributed by atoms with Crippen LogP contribution in [0.5, 0.6) is 0 Å². The van der Waals surface area contributed by atoms with Gasteiger partial charge in [-0.2, -0.15) is 0 Å². The van der Waals surface area contributed by atoms with Crippen LogP contribution in [0.25, 0.3) is 10.9 Å². The van der Waals surface area contributed by atoms with Gasteiger partial charge in [-0.3, -0.25) is 0 Å². The van der Waals surface area contributed by atoms with Crippen LogP contribution in [0.15, 0.2) is 18.3 Å². The molecular formula is C12H12F2N2O2. The minimum absolute atomic E-state index is 0.311. The molecule has 0 spiro atoms. The van der Waals surface area contributed by atoms with Gasteiger partial charge in [-0.1, -0.05) is 0 Å². The number of hydrogen-bond donors (Lipinski definition) is 3. The number of carbonyl (C=O) groups is 1. The molecule has 1 atom stereocenters. The van der Waals surface area contributed by atoms with Crippen LogP contribution in [0.1, 0.15) is 12.5 Å². The lowest BCUT2D eigenvalue weighted by Gasteiger charge is -2.10. The first-order valence-corrected chi connectivity index (χ1v) is 5.42. The SMILES string of the molecule is C[C@H](Cc1c[nH]c2cc(F)c(F)cc12)NC(=O)O. The van der Waals surface area contributed by atoms with E-state index in [0.29, 0.717) is 17.3 Å². The van der Waals surface area contributed by atoms with Crippen molar-refractivity contribution in [3.63, 3.8) is 0 Å². The molecule has 0 bridgehead atoms. The van der Waals surface area contributed by atoms with Gasteiger partial charge in [0.1, 0.15) is 0 Å². The van der Waals surface area contributed by atoms with Gasteiger partial charge < -0.3 is 15.4 Å². The molecule has 0 radical (unpaired) electrons. The second kappa shape index (κ2) is 4.64. The maximum Gasteiger partial charge on any atom is 0.404 e. The molecule has 0 saturated heterocycles. The number of hydrogen-bond acceptors (Lipinski definition) is 1. The van der Waals surface area contributed by atoms with Crippen molar-refractivity contribution in [3.8, 4) is 0 Å². The van der Waals surface area contributed by atoms with Gasteiger partial charge in [0.15, 0.2) is 11.6 Å². The van der Waals surface area contributed by atoms with Crippen molar-refractivity contribution in [1.82, 2.24) is 10.3 Å². The van der Waals surface area contributed by atoms with Crippen molar-refractivity contribution >= 4 is 17.0 Å². The first-order valence-electron chi connectivity index (χ1n) is 5.42. The predicted molar refractivity (Wildman–Crippen MR) is 62.5 cm³/mol. The Balaban J connectivity index is 2.29. The number of aromatic nitrogens is 1. The normalized spacial score (nSPS) is 12.6. The summed E-state index contributed by atoms with van der Waals surface area (Å²) in [5.41, 5.74) is 1.23. The summed E-state index contributed by atoms with van der Waals surface area (Å²) < 4.78 is 26.2. The van der Waals surface area contributed by atoms with E-state index in [2.05, 4.69) is 10.3 Å². The van der Waals surface area contributed by atoms with Crippen LogP contribution in [-0.4, -0.2) is 22.2 Å². The van der Waals surface area contributed by atoms with E-state index in [1.807, 2.05) is 0 Å². The second-order valence-corrected chi connectivity index (χ2v) is 4.18. The lowest BCUT2D eigenvalue weighted by Crippen LogP contribution is -2.32. The fraction of sp³-hybridized carbons (Fsp3) is 0.250. The van der Waals surface area contributed by atoms with E-state index in [9.17, 15) is 13.6 Å². The highest BCUT2D eigenvalue weighted by Gasteiger charge is 2.12. The molecule has 1 aromatic heterocycles. The fourth-order valence-corrected chi connectivity index (χ4v) is 1.94. The predicted octanol–water partition coefficient (Wildman–Crippen LogP) is 2.64. The molecule has 96 valence electrons. The minimum Gasteiger partial charge on any atom is -0.465 e. The Morgan fingerprint density at radius 1 is 1.44 bits per heavy atom. The highest BCUT2D eigenvalue weighted by molar-refractivity contribution is 5.83. The quantitative estimate of drug-likeness (QED) is 0.788. The number of H-pyrrole nitrogens is 1. The monoisotopic (exact) mass is 254 g/mol. The van der Waals surface area contributed by atoms with Gasteiger partial charge in [-0.25, -0.2) is 13.6 Å². The smallest absolute Gasteiger partial charge is 0.404 e. The molecule has 2 aromatic rings. The van der Waals surface area contributed by atoms with Crippen molar-refractivity contribution < 1.29 is 18.7 Å². The van der Waals surface area contributed by atoms with Crippen molar-refractivity contribution in [2.45, 2.75) is 19.4 Å². The van der Waals surface area contributed by atoms with E-state index in [0.717, 1.165) is 17.7 Å². The molecule has 4 nitrogen and oxygen atoms in total. The van der Waals surface area contributed by atoms with E-state index in [-0.39, 0.29) is 6.04 Å². The maximum atomic E-state index is 13.2. The van der Waals surface area contributed by atoms with Crippen LogP contribution in [-0.2, 0) is 6.42 Å². The van der Waals surface area contributed by atoms with Crippen molar-refractivity contribution in [3.05, 3.63) is 35.5 Å². The summed E-state index contributed by atoms with van der Waals surface area (Å²) in [6.07, 6.45) is 0.917. The Kier molecular flexibility index (Phi) is 3.18. The molecule has 0 aliphatic carbocycles. The number of rotatable bonds is 3. The number of fused-ring (bicyclic) bond motifs is 1. The third-order valence-electron chi connectivity index (χ3n) is 2.70. The minimum atomic E-state index is -1.11. The Morgan fingerprint density at radius 2 is 2.11 bits per heavy atom. The van der Waals surface area contributed by atoms with Crippen LogP contribution in [0.4, 0.5) is 13.6 Å². The van der Waals surface area contributed by atoms with Gasteiger partial charge in [0.05, 0.1) is 0 Å². The van der Waals surface area contributed by atoms with Crippen molar-refractivity contribution in [2.24, 2.45) is 0 Å². The number of aromatic amines is 1. The Morgan fingerprint density at radius 3 is 2.78 bits per heavy atom. The zero-order valence-electron chi connectivity index (χ0n) is 9.63. The number of benzene rings is 1. The molecular weight excluding hydrogens is 242 g/mol. The summed E-state index contributed by atoms with van der Waals surface area (Å²) in [6.45, 7) is 1.70. The topological polar surface area (TPSA) is 65.1 Å². The maximum absolute atomic E-state index is 13.2. The molecule has 1 heterocycles. The fourth-order valence-electron chi connectivity index (χ4n) is 1.94. The highest BCUT2D eigenvalue weighted by atomic mass is 19.2. The van der Waals surface area contributed by atoms with Crippen molar-refractivity contribution in [1.29, 1.82) is 0 Å². The number of carboxylic acid groups (broad SMARTS) is 1. The number of halogens is 2. The number of nitrogens with one attached hydrogen (secondary N) is 2. The van der Waals surface area contributed by atoms with Crippen LogP contribution in [0.2, 0.25) is 0 Å². The molecule has 3 N–H and O–H groups in total. The summed E-state index contributed by atoms with van der Waals surface area (Å²) in [5.74, 6) is -1.82. The average Bonchev–Trinajstić information content (AvgIpc) is 2.61. The van der Waals surface area contributed by atoms with Crippen molar-refractivity contribution in [2.75, 3.05) is 0 Å². The van der Waals surface area contributed by atoms with E-state index in [1.54, 1.807) is 13.1 Å². The van der Waals surface area contributed by atoms with Gasteiger partial charge in [-0.05, 0) is 25.0 Å². The molecule has 0 aliphatic rings. The first kappa shape index (κ1) is 12.3.